The van der Waals surface area contributed by atoms with Gasteiger partial charge in [-0.3, -0.25) is 4.68 Å². The van der Waals surface area contributed by atoms with E-state index in [-0.39, 0.29) is 5.54 Å². The highest BCUT2D eigenvalue weighted by molar-refractivity contribution is 6.31. The van der Waals surface area contributed by atoms with Crippen molar-refractivity contribution in [1.82, 2.24) is 14.7 Å². The maximum Gasteiger partial charge on any atom is 0.115 e. The van der Waals surface area contributed by atoms with Crippen molar-refractivity contribution >= 4 is 11.6 Å². The molecule has 5 heteroatoms. The number of rotatable bonds is 4. The first-order chi connectivity index (χ1) is 8.53. The van der Waals surface area contributed by atoms with E-state index in [1.165, 1.54) is 0 Å². The molecule has 1 N–H and O–H groups in total. The fourth-order valence-electron chi connectivity index (χ4n) is 3.10. The van der Waals surface area contributed by atoms with Crippen molar-refractivity contribution in [2.75, 3.05) is 14.1 Å². The van der Waals surface area contributed by atoms with E-state index in [9.17, 15) is 5.11 Å². The Labute approximate surface area is 114 Å². The molecule has 0 aromatic carbocycles. The molecule has 1 aromatic heterocycles. The fraction of sp³-hybridized carbons (Fsp3) is 0.769. The van der Waals surface area contributed by atoms with Crippen LogP contribution in [0, 0.1) is 0 Å². The number of aromatic nitrogens is 2. The van der Waals surface area contributed by atoms with Gasteiger partial charge < -0.3 is 10.0 Å². The molecule has 2 rings (SSSR count). The van der Waals surface area contributed by atoms with Gasteiger partial charge in [-0.05, 0) is 33.9 Å². The van der Waals surface area contributed by atoms with Crippen LogP contribution in [0.15, 0.2) is 6.20 Å². The van der Waals surface area contributed by atoms with Crippen molar-refractivity contribution in [2.24, 2.45) is 0 Å². The normalized spacial score (nSPS) is 20.6. The number of aryl methyl sites for hydroxylation is 1. The summed E-state index contributed by atoms with van der Waals surface area (Å²) < 4.78 is 1.80. The molecule has 4 nitrogen and oxygen atoms in total. The van der Waals surface area contributed by atoms with Gasteiger partial charge in [-0.1, -0.05) is 24.4 Å². The van der Waals surface area contributed by atoms with Gasteiger partial charge in [-0.2, -0.15) is 5.10 Å². The number of aliphatic hydroxyl groups excluding tert-OH is 1. The molecule has 0 amide bonds. The predicted octanol–water partition coefficient (Wildman–Crippen LogP) is 2.46. The summed E-state index contributed by atoms with van der Waals surface area (Å²) >= 11 is 6.20. The molecule has 1 heterocycles. The van der Waals surface area contributed by atoms with E-state index in [0.717, 1.165) is 37.9 Å². The topological polar surface area (TPSA) is 41.3 Å². The Morgan fingerprint density at radius 2 is 2.11 bits per heavy atom. The van der Waals surface area contributed by atoms with E-state index in [1.54, 1.807) is 10.9 Å². The second kappa shape index (κ2) is 5.19. The van der Waals surface area contributed by atoms with Gasteiger partial charge in [0, 0.05) is 6.54 Å². The van der Waals surface area contributed by atoms with E-state index < -0.39 is 6.10 Å². The summed E-state index contributed by atoms with van der Waals surface area (Å²) in [5.41, 5.74) is 0.561. The maximum atomic E-state index is 10.8. The minimum Gasteiger partial charge on any atom is -0.385 e. The van der Waals surface area contributed by atoms with E-state index in [2.05, 4.69) is 10.00 Å². The van der Waals surface area contributed by atoms with Gasteiger partial charge in [0.15, 0.2) is 0 Å². The minimum atomic E-state index is -0.579. The molecule has 1 unspecified atom stereocenters. The van der Waals surface area contributed by atoms with Crippen LogP contribution in [0.2, 0.25) is 5.02 Å². The summed E-state index contributed by atoms with van der Waals surface area (Å²) in [7, 11) is 4.07. The average Bonchev–Trinajstić information content (AvgIpc) is 2.95. The zero-order valence-electron chi connectivity index (χ0n) is 11.4. The summed E-state index contributed by atoms with van der Waals surface area (Å²) in [6.07, 6.45) is 5.38. The van der Waals surface area contributed by atoms with Gasteiger partial charge in [0.2, 0.25) is 0 Å². The molecular formula is C13H22ClN3O. The van der Waals surface area contributed by atoms with E-state index in [0.29, 0.717) is 5.02 Å². The number of nitrogens with zero attached hydrogens (tertiary/aromatic N) is 3. The Kier molecular flexibility index (Phi) is 3.99. The van der Waals surface area contributed by atoms with E-state index in [4.69, 9.17) is 11.6 Å². The van der Waals surface area contributed by atoms with Gasteiger partial charge >= 0.3 is 0 Å². The molecule has 0 saturated heterocycles. The average molecular weight is 272 g/mol. The fourth-order valence-corrected chi connectivity index (χ4v) is 3.35. The highest BCUT2D eigenvalue weighted by atomic mass is 35.5. The number of hydrogen-bond acceptors (Lipinski definition) is 3. The summed E-state index contributed by atoms with van der Waals surface area (Å²) in [6, 6.07) is 0. The lowest BCUT2D eigenvalue weighted by Crippen LogP contribution is -2.47. The van der Waals surface area contributed by atoms with E-state index >= 15 is 0 Å². The first kappa shape index (κ1) is 13.8. The molecule has 1 aromatic rings. The quantitative estimate of drug-likeness (QED) is 0.915. The standard InChI is InChI=1S/C13H22ClN3O/c1-4-17-11(10(14)9-15-17)12(18)13(16(2)3)7-5-6-8-13/h9,12,18H,4-8H2,1-3H3. The maximum absolute atomic E-state index is 10.8. The third kappa shape index (κ3) is 2.06. The van der Waals surface area contributed by atoms with Crippen molar-refractivity contribution in [3.63, 3.8) is 0 Å². The minimum absolute atomic E-state index is 0.198. The van der Waals surface area contributed by atoms with Crippen molar-refractivity contribution in [2.45, 2.75) is 50.8 Å². The van der Waals surface area contributed by atoms with Crippen LogP contribution < -0.4 is 0 Å². The van der Waals surface area contributed by atoms with Gasteiger partial charge in [0.05, 0.1) is 22.5 Å². The number of halogens is 1. The Balaban J connectivity index is 2.39. The molecule has 1 aliphatic rings. The SMILES string of the molecule is CCn1ncc(Cl)c1C(O)C1(N(C)C)CCCC1. The van der Waals surface area contributed by atoms with Crippen LogP contribution in [0.4, 0.5) is 0 Å². The molecule has 1 aliphatic carbocycles. The van der Waals surface area contributed by atoms with Crippen LogP contribution in [0.1, 0.15) is 44.4 Å². The molecule has 0 radical (unpaired) electrons. The molecule has 102 valence electrons. The second-order valence-corrected chi connectivity index (χ2v) is 5.71. The van der Waals surface area contributed by atoms with Gasteiger partial charge in [-0.25, -0.2) is 0 Å². The Morgan fingerprint density at radius 3 is 2.61 bits per heavy atom. The Hall–Kier alpha value is -0.580. The lowest BCUT2D eigenvalue weighted by Gasteiger charge is -2.40. The molecule has 1 saturated carbocycles. The first-order valence-electron chi connectivity index (χ1n) is 6.59. The monoisotopic (exact) mass is 271 g/mol. The lowest BCUT2D eigenvalue weighted by atomic mass is 9.87. The largest absolute Gasteiger partial charge is 0.385 e. The zero-order chi connectivity index (χ0) is 13.3. The Bertz CT molecular complexity index is 410. The zero-order valence-corrected chi connectivity index (χ0v) is 12.1. The third-order valence-corrected chi connectivity index (χ3v) is 4.55. The van der Waals surface area contributed by atoms with Gasteiger partial charge in [0.1, 0.15) is 6.10 Å². The van der Waals surface area contributed by atoms with Crippen LogP contribution >= 0.6 is 11.6 Å². The van der Waals surface area contributed by atoms with Crippen LogP contribution in [0.3, 0.4) is 0 Å². The lowest BCUT2D eigenvalue weighted by molar-refractivity contribution is -0.00978. The number of hydrogen-bond donors (Lipinski definition) is 1. The molecule has 18 heavy (non-hydrogen) atoms. The predicted molar refractivity (Wildman–Crippen MR) is 72.8 cm³/mol. The van der Waals surface area contributed by atoms with Crippen LogP contribution in [0.25, 0.3) is 0 Å². The van der Waals surface area contributed by atoms with Crippen molar-refractivity contribution in [3.05, 3.63) is 16.9 Å². The van der Waals surface area contributed by atoms with Crippen LogP contribution in [-0.2, 0) is 6.54 Å². The van der Waals surface area contributed by atoms with Crippen molar-refractivity contribution in [3.8, 4) is 0 Å². The highest BCUT2D eigenvalue weighted by Crippen LogP contribution is 2.44. The highest BCUT2D eigenvalue weighted by Gasteiger charge is 2.45. The smallest absolute Gasteiger partial charge is 0.115 e. The Morgan fingerprint density at radius 1 is 1.50 bits per heavy atom. The van der Waals surface area contributed by atoms with Crippen molar-refractivity contribution in [1.29, 1.82) is 0 Å². The third-order valence-electron chi connectivity index (χ3n) is 4.26. The summed E-state index contributed by atoms with van der Waals surface area (Å²) in [6.45, 7) is 2.74. The summed E-state index contributed by atoms with van der Waals surface area (Å²) in [5.74, 6) is 0. The summed E-state index contributed by atoms with van der Waals surface area (Å²) in [4.78, 5) is 2.15. The molecule has 1 fully saturated rings. The molecule has 0 spiro atoms. The van der Waals surface area contributed by atoms with Crippen LogP contribution in [-0.4, -0.2) is 39.4 Å². The molecule has 0 aliphatic heterocycles. The van der Waals surface area contributed by atoms with Crippen LogP contribution in [0.5, 0.6) is 0 Å². The molecule has 0 bridgehead atoms. The van der Waals surface area contributed by atoms with Gasteiger partial charge in [0.25, 0.3) is 0 Å². The summed E-state index contributed by atoms with van der Waals surface area (Å²) in [5, 5.41) is 15.6. The second-order valence-electron chi connectivity index (χ2n) is 5.30. The molecule has 1 atom stereocenters. The van der Waals surface area contributed by atoms with E-state index in [1.807, 2.05) is 21.0 Å². The van der Waals surface area contributed by atoms with Gasteiger partial charge in [-0.15, -0.1) is 0 Å². The number of likely N-dealkylation sites (N-methyl/N-ethyl adjacent to an activating group) is 1. The first-order valence-corrected chi connectivity index (χ1v) is 6.97. The number of aliphatic hydroxyl groups is 1. The van der Waals surface area contributed by atoms with Crippen molar-refractivity contribution < 1.29 is 5.11 Å². The molecular weight excluding hydrogens is 250 g/mol.